The summed E-state index contributed by atoms with van der Waals surface area (Å²) >= 11 is 0. The van der Waals surface area contributed by atoms with E-state index in [1.54, 1.807) is 4.90 Å². The highest BCUT2D eigenvalue weighted by atomic mass is 19.1. The second kappa shape index (κ2) is 4.11. The fourth-order valence-electron chi connectivity index (χ4n) is 2.91. The van der Waals surface area contributed by atoms with Gasteiger partial charge in [0.05, 0.1) is 5.41 Å². The SMILES string of the molecule is CC(C)(C)OC(=O)N1CC2(CNc3cc(F)ccc32)C1. The molecule has 20 heavy (non-hydrogen) atoms. The Labute approximate surface area is 117 Å². The maximum Gasteiger partial charge on any atom is 0.410 e. The number of carbonyl (C=O) groups is 1. The highest BCUT2D eigenvalue weighted by Crippen LogP contribution is 2.43. The number of ether oxygens (including phenoxy) is 1. The standard InChI is InChI=1S/C15H19FN2O2/c1-14(2,3)20-13(19)18-8-15(9-18)7-17-12-6-10(16)4-5-11(12)15/h4-6,17H,7-9H2,1-3H3. The van der Waals surface area contributed by atoms with Crippen LogP contribution in [0.15, 0.2) is 18.2 Å². The van der Waals surface area contributed by atoms with E-state index in [0.29, 0.717) is 13.1 Å². The molecular weight excluding hydrogens is 259 g/mol. The number of carbonyl (C=O) groups excluding carboxylic acids is 1. The Morgan fingerprint density at radius 1 is 1.40 bits per heavy atom. The smallest absolute Gasteiger partial charge is 0.410 e. The van der Waals surface area contributed by atoms with Crippen molar-refractivity contribution < 1.29 is 13.9 Å². The van der Waals surface area contributed by atoms with E-state index in [0.717, 1.165) is 17.8 Å². The van der Waals surface area contributed by atoms with Crippen LogP contribution in [-0.4, -0.2) is 36.2 Å². The number of hydrogen-bond donors (Lipinski definition) is 1. The van der Waals surface area contributed by atoms with E-state index in [2.05, 4.69) is 5.32 Å². The van der Waals surface area contributed by atoms with E-state index in [1.807, 2.05) is 26.8 Å². The van der Waals surface area contributed by atoms with Gasteiger partial charge in [0, 0.05) is 25.3 Å². The zero-order chi connectivity index (χ0) is 14.5. The Balaban J connectivity index is 1.71. The summed E-state index contributed by atoms with van der Waals surface area (Å²) in [6.45, 7) is 7.55. The molecule has 1 N–H and O–H groups in total. The van der Waals surface area contributed by atoms with Crippen LogP contribution in [0.25, 0.3) is 0 Å². The van der Waals surface area contributed by atoms with Crippen LogP contribution in [0.3, 0.4) is 0 Å². The van der Waals surface area contributed by atoms with Gasteiger partial charge < -0.3 is 15.0 Å². The molecule has 2 heterocycles. The molecule has 0 aromatic heterocycles. The van der Waals surface area contributed by atoms with Gasteiger partial charge in [-0.15, -0.1) is 0 Å². The number of benzene rings is 1. The van der Waals surface area contributed by atoms with Crippen molar-refractivity contribution in [2.45, 2.75) is 31.8 Å². The zero-order valence-corrected chi connectivity index (χ0v) is 12.0. The molecular formula is C15H19FN2O2. The number of likely N-dealkylation sites (tertiary alicyclic amines) is 1. The van der Waals surface area contributed by atoms with Crippen LogP contribution >= 0.6 is 0 Å². The minimum Gasteiger partial charge on any atom is -0.444 e. The molecule has 4 nitrogen and oxygen atoms in total. The molecule has 0 aliphatic carbocycles. The molecule has 1 spiro atoms. The largest absolute Gasteiger partial charge is 0.444 e. The van der Waals surface area contributed by atoms with Gasteiger partial charge in [-0.25, -0.2) is 9.18 Å². The topological polar surface area (TPSA) is 41.6 Å². The molecule has 2 aliphatic heterocycles. The van der Waals surface area contributed by atoms with E-state index in [1.165, 1.54) is 12.1 Å². The third-order valence-corrected chi connectivity index (χ3v) is 3.81. The minimum atomic E-state index is -0.477. The van der Waals surface area contributed by atoms with Gasteiger partial charge in [-0.2, -0.15) is 0 Å². The molecule has 1 fully saturated rings. The molecule has 2 aliphatic rings. The molecule has 1 saturated heterocycles. The van der Waals surface area contributed by atoms with Crippen molar-refractivity contribution in [3.8, 4) is 0 Å². The lowest BCUT2D eigenvalue weighted by atomic mass is 9.75. The lowest BCUT2D eigenvalue weighted by molar-refractivity contribution is -0.00628. The summed E-state index contributed by atoms with van der Waals surface area (Å²) in [6, 6.07) is 4.81. The summed E-state index contributed by atoms with van der Waals surface area (Å²) < 4.78 is 18.6. The molecule has 0 saturated carbocycles. The molecule has 1 aromatic carbocycles. The predicted octanol–water partition coefficient (Wildman–Crippen LogP) is 2.74. The maximum absolute atomic E-state index is 13.2. The average Bonchev–Trinajstić information content (AvgIpc) is 2.62. The molecule has 1 amide bonds. The fraction of sp³-hybridized carbons (Fsp3) is 0.533. The van der Waals surface area contributed by atoms with Crippen LogP contribution in [0.5, 0.6) is 0 Å². The van der Waals surface area contributed by atoms with Crippen molar-refractivity contribution in [3.63, 3.8) is 0 Å². The van der Waals surface area contributed by atoms with Gasteiger partial charge in [0.1, 0.15) is 11.4 Å². The van der Waals surface area contributed by atoms with E-state index in [9.17, 15) is 9.18 Å². The number of halogens is 1. The number of amides is 1. The zero-order valence-electron chi connectivity index (χ0n) is 12.0. The van der Waals surface area contributed by atoms with Gasteiger partial charge in [-0.05, 0) is 38.5 Å². The van der Waals surface area contributed by atoms with Crippen LogP contribution < -0.4 is 5.32 Å². The van der Waals surface area contributed by atoms with Crippen molar-refractivity contribution in [2.24, 2.45) is 0 Å². The summed E-state index contributed by atoms with van der Waals surface area (Å²) in [5.41, 5.74) is 1.38. The second-order valence-electron chi connectivity index (χ2n) is 6.66. The van der Waals surface area contributed by atoms with E-state index < -0.39 is 5.60 Å². The van der Waals surface area contributed by atoms with Crippen molar-refractivity contribution in [3.05, 3.63) is 29.6 Å². The van der Waals surface area contributed by atoms with E-state index >= 15 is 0 Å². The monoisotopic (exact) mass is 278 g/mol. The van der Waals surface area contributed by atoms with Gasteiger partial charge in [0.2, 0.25) is 0 Å². The molecule has 1 aromatic rings. The van der Waals surface area contributed by atoms with E-state index in [-0.39, 0.29) is 17.3 Å². The van der Waals surface area contributed by atoms with Gasteiger partial charge in [-0.1, -0.05) is 6.07 Å². The Kier molecular flexibility index (Phi) is 2.71. The van der Waals surface area contributed by atoms with E-state index in [4.69, 9.17) is 4.74 Å². The molecule has 0 atom stereocenters. The first-order valence-electron chi connectivity index (χ1n) is 6.81. The minimum absolute atomic E-state index is 0.0834. The highest BCUT2D eigenvalue weighted by Gasteiger charge is 2.51. The summed E-state index contributed by atoms with van der Waals surface area (Å²) in [4.78, 5) is 13.7. The number of hydrogen-bond acceptors (Lipinski definition) is 3. The summed E-state index contributed by atoms with van der Waals surface area (Å²) in [7, 11) is 0. The predicted molar refractivity (Wildman–Crippen MR) is 74.4 cm³/mol. The molecule has 0 radical (unpaired) electrons. The van der Waals surface area contributed by atoms with Crippen molar-refractivity contribution in [1.82, 2.24) is 4.90 Å². The number of nitrogens with zero attached hydrogens (tertiary/aromatic N) is 1. The number of fused-ring (bicyclic) bond motifs is 2. The summed E-state index contributed by atoms with van der Waals surface area (Å²) in [6.07, 6.45) is -0.279. The first kappa shape index (κ1) is 13.2. The molecule has 0 bridgehead atoms. The van der Waals surface area contributed by atoms with Crippen molar-refractivity contribution >= 4 is 11.8 Å². The van der Waals surface area contributed by atoms with Crippen molar-refractivity contribution in [2.75, 3.05) is 25.0 Å². The fourth-order valence-corrected chi connectivity index (χ4v) is 2.91. The summed E-state index contributed by atoms with van der Waals surface area (Å²) in [5.74, 6) is -0.239. The normalized spacial score (nSPS) is 19.3. The molecule has 3 rings (SSSR count). The molecule has 0 unspecified atom stereocenters. The number of anilines is 1. The van der Waals surface area contributed by atoms with Crippen LogP contribution in [-0.2, 0) is 10.2 Å². The first-order chi connectivity index (χ1) is 9.29. The Morgan fingerprint density at radius 2 is 2.10 bits per heavy atom. The lowest BCUT2D eigenvalue weighted by Gasteiger charge is -2.47. The lowest BCUT2D eigenvalue weighted by Crippen LogP contribution is -2.62. The van der Waals surface area contributed by atoms with Crippen LogP contribution in [0, 0.1) is 5.82 Å². The third-order valence-electron chi connectivity index (χ3n) is 3.81. The second-order valence-corrected chi connectivity index (χ2v) is 6.66. The van der Waals surface area contributed by atoms with Crippen LogP contribution in [0.2, 0.25) is 0 Å². The highest BCUT2D eigenvalue weighted by molar-refractivity contribution is 5.72. The Bertz CT molecular complexity index is 559. The summed E-state index contributed by atoms with van der Waals surface area (Å²) in [5, 5.41) is 3.22. The van der Waals surface area contributed by atoms with Gasteiger partial charge in [0.25, 0.3) is 0 Å². The quantitative estimate of drug-likeness (QED) is 0.793. The van der Waals surface area contributed by atoms with Gasteiger partial charge >= 0.3 is 6.09 Å². The van der Waals surface area contributed by atoms with Crippen LogP contribution in [0.4, 0.5) is 14.9 Å². The molecule has 108 valence electrons. The number of rotatable bonds is 0. The maximum atomic E-state index is 13.2. The third kappa shape index (κ3) is 2.11. The first-order valence-corrected chi connectivity index (χ1v) is 6.81. The van der Waals surface area contributed by atoms with Gasteiger partial charge in [0.15, 0.2) is 0 Å². The van der Waals surface area contributed by atoms with Gasteiger partial charge in [-0.3, -0.25) is 0 Å². The number of nitrogens with one attached hydrogen (secondary N) is 1. The Morgan fingerprint density at radius 3 is 2.75 bits per heavy atom. The molecule has 5 heteroatoms. The average molecular weight is 278 g/mol. The Hall–Kier alpha value is -1.78. The van der Waals surface area contributed by atoms with Crippen molar-refractivity contribution in [1.29, 1.82) is 0 Å². The van der Waals surface area contributed by atoms with Crippen LogP contribution in [0.1, 0.15) is 26.3 Å².